The molecule has 2 saturated heterocycles. The lowest BCUT2D eigenvalue weighted by Gasteiger charge is -2.38. The second-order valence-corrected chi connectivity index (χ2v) is 12.0. The fraction of sp³-hybridized carbons (Fsp3) is 0.195. The maximum absolute atomic E-state index is 13.8. The third kappa shape index (κ3) is 7.09. The number of carbonyl (C=O) groups excluding carboxylic acids is 3. The Kier molecular flexibility index (Phi) is 9.84. The van der Waals surface area contributed by atoms with Crippen LogP contribution in [0.5, 0.6) is 0 Å². The average Bonchev–Trinajstić information content (AvgIpc) is 3.77. The van der Waals surface area contributed by atoms with Gasteiger partial charge in [-0.3, -0.25) is 0 Å². The third-order valence-electron chi connectivity index (χ3n) is 8.93. The van der Waals surface area contributed by atoms with Crippen LogP contribution in [0.1, 0.15) is 31.1 Å². The summed E-state index contributed by atoms with van der Waals surface area (Å²) in [4.78, 5) is 45.0. The van der Waals surface area contributed by atoms with Crippen LogP contribution in [0.15, 0.2) is 152 Å². The predicted octanol–water partition coefficient (Wildman–Crippen LogP) is 6.41. The molecule has 2 heterocycles. The van der Waals surface area contributed by atoms with Gasteiger partial charge in [0.1, 0.15) is 25.0 Å². The summed E-state index contributed by atoms with van der Waals surface area (Å²) in [6.45, 7) is 1.04. The summed E-state index contributed by atoms with van der Waals surface area (Å²) in [5.74, 6) is -1.77. The molecular formula is C41H36N2O7. The van der Waals surface area contributed by atoms with Crippen LogP contribution in [-0.2, 0) is 18.9 Å². The van der Waals surface area contributed by atoms with Crippen LogP contribution < -0.4 is 9.80 Å². The maximum Gasteiger partial charge on any atom is 0.338 e. The molecule has 4 atom stereocenters. The van der Waals surface area contributed by atoms with Crippen molar-refractivity contribution in [3.8, 4) is 0 Å². The van der Waals surface area contributed by atoms with E-state index >= 15 is 0 Å². The van der Waals surface area contributed by atoms with Gasteiger partial charge in [-0.1, -0.05) is 91.0 Å². The molecule has 2 fully saturated rings. The van der Waals surface area contributed by atoms with E-state index in [-0.39, 0.29) is 6.61 Å². The van der Waals surface area contributed by atoms with E-state index in [2.05, 4.69) is 9.80 Å². The highest BCUT2D eigenvalue weighted by atomic mass is 16.7. The van der Waals surface area contributed by atoms with Crippen LogP contribution >= 0.6 is 0 Å². The largest absolute Gasteiger partial charge is 0.459 e. The zero-order valence-corrected chi connectivity index (χ0v) is 27.2. The highest BCUT2D eigenvalue weighted by Gasteiger charge is 2.56. The van der Waals surface area contributed by atoms with Crippen molar-refractivity contribution < 1.29 is 33.3 Å². The number of rotatable bonds is 10. The minimum absolute atomic E-state index is 0.250. The molecule has 50 heavy (non-hydrogen) atoms. The molecular weight excluding hydrogens is 632 g/mol. The third-order valence-corrected chi connectivity index (χ3v) is 8.93. The van der Waals surface area contributed by atoms with Gasteiger partial charge in [0, 0.05) is 24.5 Å². The lowest BCUT2D eigenvalue weighted by Crippen LogP contribution is -2.54. The van der Waals surface area contributed by atoms with Crippen molar-refractivity contribution in [3.63, 3.8) is 0 Å². The van der Waals surface area contributed by atoms with E-state index in [1.54, 1.807) is 78.9 Å². The first-order chi connectivity index (χ1) is 24.6. The minimum Gasteiger partial charge on any atom is -0.459 e. The van der Waals surface area contributed by atoms with Crippen molar-refractivity contribution >= 4 is 29.3 Å². The molecule has 0 aromatic heterocycles. The number of para-hydroxylation sites is 2. The van der Waals surface area contributed by atoms with Crippen LogP contribution in [0.25, 0.3) is 0 Å². The summed E-state index contributed by atoms with van der Waals surface area (Å²) in [5.41, 5.74) is 2.92. The average molecular weight is 669 g/mol. The molecule has 0 amide bonds. The van der Waals surface area contributed by atoms with E-state index in [1.807, 2.05) is 72.8 Å². The zero-order chi connectivity index (χ0) is 34.3. The van der Waals surface area contributed by atoms with E-state index in [0.29, 0.717) is 29.8 Å². The Morgan fingerprint density at radius 3 is 1.34 bits per heavy atom. The van der Waals surface area contributed by atoms with Crippen LogP contribution in [0.4, 0.5) is 11.4 Å². The molecule has 9 heteroatoms. The number of anilines is 2. The van der Waals surface area contributed by atoms with Crippen molar-refractivity contribution in [2.75, 3.05) is 29.5 Å². The molecule has 0 aliphatic carbocycles. The second kappa shape index (κ2) is 15.1. The molecule has 0 saturated carbocycles. The smallest absolute Gasteiger partial charge is 0.338 e. The molecule has 0 N–H and O–H groups in total. The van der Waals surface area contributed by atoms with Crippen LogP contribution in [-0.4, -0.2) is 68.2 Å². The van der Waals surface area contributed by atoms with Gasteiger partial charge in [-0.25, -0.2) is 14.4 Å². The van der Waals surface area contributed by atoms with Crippen LogP contribution in [0.3, 0.4) is 0 Å². The highest BCUT2D eigenvalue weighted by Crippen LogP contribution is 2.38. The Labute approximate surface area is 290 Å². The topological polar surface area (TPSA) is 94.6 Å². The number of carbonyl (C=O) groups is 3. The highest BCUT2D eigenvalue weighted by molar-refractivity contribution is 5.91. The number of esters is 3. The summed E-state index contributed by atoms with van der Waals surface area (Å²) in [6, 6.07) is 45.7. The summed E-state index contributed by atoms with van der Waals surface area (Å²) in [6.07, 6.45) is -4.53. The predicted molar refractivity (Wildman–Crippen MR) is 188 cm³/mol. The molecule has 9 nitrogen and oxygen atoms in total. The molecule has 5 aromatic carbocycles. The van der Waals surface area contributed by atoms with Gasteiger partial charge < -0.3 is 28.7 Å². The Hall–Kier alpha value is -5.93. The maximum atomic E-state index is 13.8. The van der Waals surface area contributed by atoms with Crippen molar-refractivity contribution in [1.82, 2.24) is 0 Å². The Morgan fingerprint density at radius 1 is 0.520 bits per heavy atom. The van der Waals surface area contributed by atoms with Gasteiger partial charge in [0.2, 0.25) is 0 Å². The standard InChI is InChI=1S/C41H36N2O7/c44-39(29-16-6-1-7-17-29)47-28-34-35(49-40(45)30-18-8-2-9-19-30)36(50-41(46)31-20-10-3-11-21-31)37(48-34)38-42(32-22-12-4-13-23-32)26-27-43(38)33-24-14-5-15-25-33/h1-25,34-38H,26-28H2/t34-,35-,36-,37+/m0/s1. The Morgan fingerprint density at radius 2 is 0.900 bits per heavy atom. The summed E-state index contributed by atoms with van der Waals surface area (Å²) < 4.78 is 25.1. The van der Waals surface area contributed by atoms with Gasteiger partial charge in [0.25, 0.3) is 0 Å². The van der Waals surface area contributed by atoms with Gasteiger partial charge in [0.05, 0.1) is 16.7 Å². The molecule has 252 valence electrons. The SMILES string of the molecule is O=C(OC[C@@H]1O[C@@H](C2N(c3ccccc3)CCN2c2ccccc2)[C@@H](OC(=O)c2ccccc2)[C@H]1OC(=O)c1ccccc1)c1ccccc1. The van der Waals surface area contributed by atoms with Gasteiger partial charge in [-0.05, 0) is 60.7 Å². The molecule has 0 spiro atoms. The van der Waals surface area contributed by atoms with E-state index in [0.717, 1.165) is 11.4 Å². The summed E-state index contributed by atoms with van der Waals surface area (Å²) in [5, 5.41) is 0. The van der Waals surface area contributed by atoms with Crippen molar-refractivity contribution in [1.29, 1.82) is 0 Å². The Bertz CT molecular complexity index is 1830. The lowest BCUT2D eigenvalue weighted by molar-refractivity contribution is -0.0461. The fourth-order valence-corrected chi connectivity index (χ4v) is 6.56. The van der Waals surface area contributed by atoms with Gasteiger partial charge in [0.15, 0.2) is 12.2 Å². The summed E-state index contributed by atoms with van der Waals surface area (Å²) >= 11 is 0. The van der Waals surface area contributed by atoms with Crippen molar-refractivity contribution in [2.45, 2.75) is 30.6 Å². The number of benzene rings is 5. The molecule has 2 aliphatic rings. The molecule has 0 radical (unpaired) electrons. The molecule has 2 aliphatic heterocycles. The van der Waals surface area contributed by atoms with Crippen molar-refractivity contribution in [3.05, 3.63) is 168 Å². The molecule has 0 bridgehead atoms. The zero-order valence-electron chi connectivity index (χ0n) is 27.2. The quantitative estimate of drug-likeness (QED) is 0.124. The minimum atomic E-state index is -1.13. The fourth-order valence-electron chi connectivity index (χ4n) is 6.56. The first-order valence-corrected chi connectivity index (χ1v) is 16.6. The number of hydrogen-bond donors (Lipinski definition) is 0. The molecule has 7 rings (SSSR count). The lowest BCUT2D eigenvalue weighted by atomic mass is 10.0. The van der Waals surface area contributed by atoms with E-state index in [1.165, 1.54) is 0 Å². The van der Waals surface area contributed by atoms with E-state index < -0.39 is 48.5 Å². The first-order valence-electron chi connectivity index (χ1n) is 16.6. The number of hydrogen-bond acceptors (Lipinski definition) is 9. The molecule has 0 unspecified atom stereocenters. The normalized spacial score (nSPS) is 20.3. The summed E-state index contributed by atoms with van der Waals surface area (Å²) in [7, 11) is 0. The van der Waals surface area contributed by atoms with Crippen LogP contribution in [0.2, 0.25) is 0 Å². The van der Waals surface area contributed by atoms with Gasteiger partial charge in [-0.15, -0.1) is 0 Å². The number of ether oxygens (including phenoxy) is 4. The Balaban J connectivity index is 1.29. The van der Waals surface area contributed by atoms with E-state index in [9.17, 15) is 14.4 Å². The van der Waals surface area contributed by atoms with E-state index in [4.69, 9.17) is 18.9 Å². The van der Waals surface area contributed by atoms with Crippen LogP contribution in [0, 0.1) is 0 Å². The first kappa shape index (κ1) is 32.6. The number of nitrogens with zero attached hydrogens (tertiary/aromatic N) is 2. The molecule has 5 aromatic rings. The van der Waals surface area contributed by atoms with Crippen molar-refractivity contribution in [2.24, 2.45) is 0 Å². The van der Waals surface area contributed by atoms with Gasteiger partial charge >= 0.3 is 17.9 Å². The monoisotopic (exact) mass is 668 g/mol. The van der Waals surface area contributed by atoms with Gasteiger partial charge in [-0.2, -0.15) is 0 Å². The second-order valence-electron chi connectivity index (χ2n) is 12.0.